The summed E-state index contributed by atoms with van der Waals surface area (Å²) in [4.78, 5) is 47.6. The van der Waals surface area contributed by atoms with Gasteiger partial charge in [-0.2, -0.15) is 8.78 Å². The third-order valence-electron chi connectivity index (χ3n) is 7.45. The zero-order valence-electron chi connectivity index (χ0n) is 23.7. The van der Waals surface area contributed by atoms with Gasteiger partial charge in [-0.25, -0.2) is 9.78 Å². The number of oxime groups is 1. The second kappa shape index (κ2) is 13.1. The molecular formula is C32H25F2N5O5S2. The summed E-state index contributed by atoms with van der Waals surface area (Å²) in [5.41, 5.74) is 0.907. The summed E-state index contributed by atoms with van der Waals surface area (Å²) in [6.07, 6.45) is 1.41. The van der Waals surface area contributed by atoms with E-state index < -0.39 is 47.1 Å². The fourth-order valence-corrected chi connectivity index (χ4v) is 7.37. The number of carbonyl (C=O) groups is 3. The van der Waals surface area contributed by atoms with E-state index in [2.05, 4.69) is 25.6 Å². The number of β-lactam (4-membered cyclic amide) rings is 1. The number of rotatable bonds is 11. The highest BCUT2D eigenvalue weighted by Gasteiger charge is 2.53. The van der Waals surface area contributed by atoms with E-state index in [0.717, 1.165) is 32.9 Å². The molecule has 2 amide bonds. The number of thioether (sulfide) groups is 1. The van der Waals surface area contributed by atoms with Crippen LogP contribution in [-0.2, 0) is 24.8 Å². The number of amides is 2. The number of alkyl halides is 2. The first-order valence-corrected chi connectivity index (χ1v) is 15.8. The van der Waals surface area contributed by atoms with E-state index >= 15 is 0 Å². The Morgan fingerprint density at radius 3 is 2.07 bits per heavy atom. The lowest BCUT2D eigenvalue weighted by Gasteiger charge is -2.48. The molecule has 2 aliphatic rings. The summed E-state index contributed by atoms with van der Waals surface area (Å²) in [6, 6.07) is 28.0. The average molecular weight is 662 g/mol. The van der Waals surface area contributed by atoms with Crippen LogP contribution in [0.25, 0.3) is 0 Å². The van der Waals surface area contributed by atoms with Crippen LogP contribution in [0.1, 0.15) is 22.4 Å². The Kier molecular flexibility index (Phi) is 8.81. The minimum Gasteiger partial charge on any atom is -0.477 e. The molecule has 2 atom stereocenters. The lowest BCUT2D eigenvalue weighted by molar-refractivity contribution is -0.150. The fourth-order valence-electron chi connectivity index (χ4n) is 5.43. The van der Waals surface area contributed by atoms with Crippen LogP contribution in [0.15, 0.2) is 113 Å². The number of aliphatic carboxylic acids is 1. The number of benzene rings is 3. The number of carbonyl (C=O) groups excluding carboxylic acids is 2. The van der Waals surface area contributed by atoms with Crippen molar-refractivity contribution in [3.8, 4) is 0 Å². The number of nitrogens with zero attached hydrogens (tertiary/aromatic N) is 3. The van der Waals surface area contributed by atoms with Gasteiger partial charge in [0.1, 0.15) is 28.3 Å². The molecule has 0 saturated carbocycles. The molecular weight excluding hydrogens is 637 g/mol. The van der Waals surface area contributed by atoms with E-state index in [1.807, 2.05) is 91.0 Å². The van der Waals surface area contributed by atoms with Crippen molar-refractivity contribution < 1.29 is 33.1 Å². The summed E-state index contributed by atoms with van der Waals surface area (Å²) in [6.45, 7) is -3.32. The van der Waals surface area contributed by atoms with Crippen molar-refractivity contribution in [3.05, 3.63) is 131 Å². The maximum Gasteiger partial charge on any atom is 0.407 e. The molecule has 1 saturated heterocycles. The van der Waals surface area contributed by atoms with Crippen LogP contribution < -0.4 is 10.6 Å². The Morgan fingerprint density at radius 2 is 1.54 bits per heavy atom. The second-order valence-electron chi connectivity index (χ2n) is 10.1. The first-order chi connectivity index (χ1) is 22.3. The Morgan fingerprint density at radius 1 is 0.978 bits per heavy atom. The van der Waals surface area contributed by atoms with Gasteiger partial charge in [-0.15, -0.1) is 23.1 Å². The predicted molar refractivity (Wildman–Crippen MR) is 169 cm³/mol. The smallest absolute Gasteiger partial charge is 0.407 e. The van der Waals surface area contributed by atoms with Crippen molar-refractivity contribution in [2.45, 2.75) is 23.6 Å². The van der Waals surface area contributed by atoms with Crippen LogP contribution in [0.5, 0.6) is 0 Å². The topological polar surface area (TPSA) is 133 Å². The van der Waals surface area contributed by atoms with Gasteiger partial charge in [-0.1, -0.05) is 96.2 Å². The van der Waals surface area contributed by atoms with Crippen molar-refractivity contribution in [2.75, 3.05) is 11.1 Å². The van der Waals surface area contributed by atoms with Gasteiger partial charge in [0.2, 0.25) is 0 Å². The number of thiazole rings is 1. The number of carboxylic acids is 1. The largest absolute Gasteiger partial charge is 0.477 e. The zero-order valence-corrected chi connectivity index (χ0v) is 25.4. The third-order valence-corrected chi connectivity index (χ3v) is 9.39. The average Bonchev–Trinajstić information content (AvgIpc) is 3.54. The standard InChI is InChI=1S/C32H25F2N5O5S2/c33-30(34)44-38-24(26(40)36-25-27(41)39-23(29(42)43)16-17-45-28(25)39)22-18-46-31(35-22)37-32(19-10-4-1-5-11-19,20-12-6-2-7-13-20)21-14-8-3-9-15-21/h1-16,18,25,28,30H,17H2,(H,35,37)(H,36,40)(H,42,43)/b38-24-. The summed E-state index contributed by atoms with van der Waals surface area (Å²) >= 11 is 2.38. The molecule has 46 heavy (non-hydrogen) atoms. The van der Waals surface area contributed by atoms with Crippen LogP contribution in [-0.4, -0.2) is 62.3 Å². The number of carboxylic acid groups (broad SMARTS) is 1. The van der Waals surface area contributed by atoms with Gasteiger partial charge in [0.15, 0.2) is 10.8 Å². The van der Waals surface area contributed by atoms with Gasteiger partial charge in [-0.05, 0) is 22.8 Å². The number of halogens is 2. The molecule has 14 heteroatoms. The molecule has 4 aromatic rings. The lowest BCUT2D eigenvalue weighted by atomic mass is 9.77. The van der Waals surface area contributed by atoms with Crippen molar-refractivity contribution in [3.63, 3.8) is 0 Å². The van der Waals surface area contributed by atoms with Crippen LogP contribution >= 0.6 is 23.1 Å². The highest BCUT2D eigenvalue weighted by molar-refractivity contribution is 8.00. The van der Waals surface area contributed by atoms with E-state index in [1.54, 1.807) is 0 Å². The Balaban J connectivity index is 1.34. The molecule has 1 fully saturated rings. The SMILES string of the molecule is O=C(O)C1=CCSC2C(NC(=O)/C(=N\OC(F)F)c3csc(NC(c4ccccc4)(c4ccccc4)c4ccccc4)n3)C(=O)N12. The molecule has 6 rings (SSSR count). The van der Waals surface area contributed by atoms with Crippen molar-refractivity contribution in [1.29, 1.82) is 0 Å². The number of aromatic nitrogens is 1. The van der Waals surface area contributed by atoms with E-state index in [-0.39, 0.29) is 11.4 Å². The Labute approximate surface area is 269 Å². The highest BCUT2D eigenvalue weighted by Crippen LogP contribution is 2.41. The van der Waals surface area contributed by atoms with Gasteiger partial charge >= 0.3 is 12.6 Å². The van der Waals surface area contributed by atoms with E-state index in [4.69, 9.17) is 0 Å². The number of fused-ring (bicyclic) bond motifs is 1. The number of anilines is 1. The van der Waals surface area contributed by atoms with Crippen LogP contribution in [0.2, 0.25) is 0 Å². The summed E-state index contributed by atoms with van der Waals surface area (Å²) in [5, 5.41) is 20.0. The molecule has 0 spiro atoms. The van der Waals surface area contributed by atoms with E-state index in [9.17, 15) is 28.3 Å². The maximum atomic E-state index is 13.4. The molecule has 0 bridgehead atoms. The van der Waals surface area contributed by atoms with Crippen LogP contribution in [0.3, 0.4) is 0 Å². The fraction of sp³-hybridized carbons (Fsp3) is 0.156. The van der Waals surface area contributed by atoms with Crippen molar-refractivity contribution >= 4 is 51.7 Å². The first kappa shape index (κ1) is 30.9. The minimum absolute atomic E-state index is 0.0696. The number of hydrogen-bond acceptors (Lipinski definition) is 9. The van der Waals surface area contributed by atoms with Crippen LogP contribution in [0, 0.1) is 0 Å². The zero-order chi connectivity index (χ0) is 32.3. The molecule has 2 unspecified atom stereocenters. The van der Waals surface area contributed by atoms with Crippen molar-refractivity contribution in [1.82, 2.24) is 15.2 Å². The van der Waals surface area contributed by atoms with Gasteiger partial charge < -0.3 is 20.6 Å². The molecule has 3 N–H and O–H groups in total. The number of nitrogens with one attached hydrogen (secondary N) is 2. The Bertz CT molecular complexity index is 1710. The molecule has 0 radical (unpaired) electrons. The molecule has 3 aromatic carbocycles. The first-order valence-electron chi connectivity index (χ1n) is 13.9. The molecule has 234 valence electrons. The summed E-state index contributed by atoms with van der Waals surface area (Å²) < 4.78 is 26.2. The molecule has 10 nitrogen and oxygen atoms in total. The molecule has 0 aliphatic carbocycles. The molecule has 2 aliphatic heterocycles. The summed E-state index contributed by atoms with van der Waals surface area (Å²) in [5.74, 6) is -2.59. The quantitative estimate of drug-likeness (QED) is 0.0899. The van der Waals surface area contributed by atoms with Crippen LogP contribution in [0.4, 0.5) is 13.9 Å². The van der Waals surface area contributed by atoms with Gasteiger partial charge in [0.25, 0.3) is 11.8 Å². The third kappa shape index (κ3) is 5.84. The highest BCUT2D eigenvalue weighted by atomic mass is 32.2. The van der Waals surface area contributed by atoms with Gasteiger partial charge in [0, 0.05) is 11.1 Å². The van der Waals surface area contributed by atoms with Crippen molar-refractivity contribution in [2.24, 2.45) is 5.16 Å². The maximum absolute atomic E-state index is 13.4. The molecule has 1 aromatic heterocycles. The summed E-state index contributed by atoms with van der Waals surface area (Å²) in [7, 11) is 0. The number of hydrogen-bond donors (Lipinski definition) is 3. The Hall–Kier alpha value is -5.08. The lowest BCUT2D eigenvalue weighted by Crippen LogP contribution is -2.70. The van der Waals surface area contributed by atoms with E-state index in [1.165, 1.54) is 23.2 Å². The van der Waals surface area contributed by atoms with Gasteiger partial charge in [-0.3, -0.25) is 14.5 Å². The predicted octanol–water partition coefficient (Wildman–Crippen LogP) is 4.86. The van der Waals surface area contributed by atoms with E-state index in [0.29, 0.717) is 10.9 Å². The normalized spacial score (nSPS) is 17.9. The second-order valence-corrected chi connectivity index (χ2v) is 12.1. The minimum atomic E-state index is -3.32. The molecule has 3 heterocycles. The van der Waals surface area contributed by atoms with Gasteiger partial charge in [0.05, 0.1) is 0 Å². The monoisotopic (exact) mass is 661 g/mol.